The van der Waals surface area contributed by atoms with Crippen LogP contribution < -0.4 is 10.2 Å². The molecule has 1 fully saturated rings. The minimum absolute atomic E-state index is 0.183. The van der Waals surface area contributed by atoms with E-state index in [-0.39, 0.29) is 18.0 Å². The Bertz CT molecular complexity index is 602. The number of carbonyl (C=O) groups is 1. The van der Waals surface area contributed by atoms with E-state index in [4.69, 9.17) is 9.47 Å². The first-order chi connectivity index (χ1) is 12.9. The summed E-state index contributed by atoms with van der Waals surface area (Å²) in [4.78, 5) is 14.2. The van der Waals surface area contributed by atoms with Crippen molar-refractivity contribution in [2.24, 2.45) is 0 Å². The molecule has 8 heteroatoms. The van der Waals surface area contributed by atoms with Gasteiger partial charge in [0.25, 0.3) is 0 Å². The van der Waals surface area contributed by atoms with Crippen LogP contribution in [0.5, 0.6) is 0 Å². The Labute approximate surface area is 157 Å². The molecule has 27 heavy (non-hydrogen) atoms. The van der Waals surface area contributed by atoms with E-state index in [1.165, 1.54) is 6.07 Å². The predicted octanol–water partition coefficient (Wildman–Crippen LogP) is 4.08. The number of carbonyl (C=O) groups excluding carboxylic acids is 1. The van der Waals surface area contributed by atoms with E-state index in [1.54, 1.807) is 7.11 Å². The molecule has 1 aliphatic heterocycles. The number of amides is 1. The van der Waals surface area contributed by atoms with Crippen molar-refractivity contribution >= 4 is 17.3 Å². The zero-order chi connectivity index (χ0) is 19.7. The number of piperidine rings is 1. The quantitative estimate of drug-likeness (QED) is 0.648. The average Bonchev–Trinajstić information content (AvgIpc) is 2.64. The highest BCUT2D eigenvalue weighted by Crippen LogP contribution is 2.36. The second kappa shape index (κ2) is 10.5. The van der Waals surface area contributed by atoms with Gasteiger partial charge in [0.05, 0.1) is 30.2 Å². The summed E-state index contributed by atoms with van der Waals surface area (Å²) in [6.07, 6.45) is -0.673. The Hall–Kier alpha value is -1.80. The molecule has 2 rings (SSSR count). The van der Waals surface area contributed by atoms with E-state index in [1.807, 2.05) is 4.90 Å². The molecule has 0 saturated carbocycles. The summed E-state index contributed by atoms with van der Waals surface area (Å²) in [5, 5.41) is 2.66. The van der Waals surface area contributed by atoms with E-state index in [0.29, 0.717) is 31.9 Å². The molecule has 0 spiro atoms. The van der Waals surface area contributed by atoms with Crippen LogP contribution in [0.15, 0.2) is 18.2 Å². The zero-order valence-electron chi connectivity index (χ0n) is 15.6. The first-order valence-corrected chi connectivity index (χ1v) is 9.24. The van der Waals surface area contributed by atoms with E-state index in [9.17, 15) is 18.0 Å². The monoisotopic (exact) mass is 388 g/mol. The number of benzene rings is 1. The van der Waals surface area contributed by atoms with Crippen LogP contribution in [0.4, 0.5) is 24.5 Å². The van der Waals surface area contributed by atoms with Gasteiger partial charge in [-0.25, -0.2) is 0 Å². The zero-order valence-corrected chi connectivity index (χ0v) is 15.6. The second-order valence-corrected chi connectivity index (χ2v) is 6.53. The third kappa shape index (κ3) is 7.03. The first-order valence-electron chi connectivity index (χ1n) is 9.24. The maximum absolute atomic E-state index is 13.1. The van der Waals surface area contributed by atoms with Gasteiger partial charge in [0, 0.05) is 33.2 Å². The van der Waals surface area contributed by atoms with Gasteiger partial charge in [-0.2, -0.15) is 13.2 Å². The van der Waals surface area contributed by atoms with Crippen molar-refractivity contribution < 1.29 is 27.4 Å². The summed E-state index contributed by atoms with van der Waals surface area (Å²) in [5.74, 6) is -0.317. The molecule has 0 atom stereocenters. The minimum atomic E-state index is -4.45. The lowest BCUT2D eigenvalue weighted by Crippen LogP contribution is -2.30. The molecule has 152 valence electrons. The Balaban J connectivity index is 2.01. The lowest BCUT2D eigenvalue weighted by molar-refractivity contribution is -0.137. The number of hydrogen-bond donors (Lipinski definition) is 1. The molecule has 1 saturated heterocycles. The molecule has 1 heterocycles. The molecule has 0 radical (unpaired) electrons. The van der Waals surface area contributed by atoms with E-state index < -0.39 is 11.7 Å². The Morgan fingerprint density at radius 3 is 2.56 bits per heavy atom. The van der Waals surface area contributed by atoms with Gasteiger partial charge in [0.2, 0.25) is 5.91 Å². The topological polar surface area (TPSA) is 50.8 Å². The van der Waals surface area contributed by atoms with Gasteiger partial charge >= 0.3 is 6.18 Å². The highest BCUT2D eigenvalue weighted by atomic mass is 19.4. The Kier molecular flexibility index (Phi) is 8.37. The van der Waals surface area contributed by atoms with Crippen molar-refractivity contribution in [2.75, 3.05) is 50.2 Å². The fraction of sp³-hybridized carbons (Fsp3) is 0.632. The summed E-state index contributed by atoms with van der Waals surface area (Å²) >= 11 is 0. The minimum Gasteiger partial charge on any atom is -0.382 e. The van der Waals surface area contributed by atoms with Crippen LogP contribution in [0.3, 0.4) is 0 Å². The third-order valence-corrected chi connectivity index (χ3v) is 4.42. The first kappa shape index (κ1) is 21.5. The standard InChI is InChI=1S/C19H27F3N2O3/c1-26-12-13-27-11-5-6-18(25)23-16-14-15(19(20,21)22)7-8-17(16)24-9-3-2-4-10-24/h7-8,14H,2-6,9-13H2,1H3,(H,23,25). The maximum Gasteiger partial charge on any atom is 0.416 e. The van der Waals surface area contributed by atoms with Crippen LogP contribution >= 0.6 is 0 Å². The normalized spacial score (nSPS) is 15.0. The van der Waals surface area contributed by atoms with Crippen molar-refractivity contribution in [3.05, 3.63) is 23.8 Å². The molecule has 1 aromatic rings. The van der Waals surface area contributed by atoms with Gasteiger partial charge in [-0.15, -0.1) is 0 Å². The van der Waals surface area contributed by atoms with Gasteiger partial charge in [-0.05, 0) is 43.9 Å². The summed E-state index contributed by atoms with van der Waals surface area (Å²) in [7, 11) is 1.58. The van der Waals surface area contributed by atoms with Gasteiger partial charge in [0.1, 0.15) is 0 Å². The summed E-state index contributed by atoms with van der Waals surface area (Å²) in [6, 6.07) is 3.55. The Morgan fingerprint density at radius 1 is 1.15 bits per heavy atom. The van der Waals surface area contributed by atoms with Crippen LogP contribution in [-0.4, -0.2) is 45.9 Å². The van der Waals surface area contributed by atoms with E-state index in [2.05, 4.69) is 5.32 Å². The van der Waals surface area contributed by atoms with Crippen LogP contribution in [0.1, 0.15) is 37.7 Å². The molecular weight excluding hydrogens is 361 g/mol. The number of halogens is 3. The fourth-order valence-corrected chi connectivity index (χ4v) is 3.01. The van der Waals surface area contributed by atoms with Crippen molar-refractivity contribution in [3.8, 4) is 0 Å². The molecular formula is C19H27F3N2O3. The van der Waals surface area contributed by atoms with Crippen LogP contribution in [0.2, 0.25) is 0 Å². The molecule has 0 unspecified atom stereocenters. The number of hydrogen-bond acceptors (Lipinski definition) is 4. The highest BCUT2D eigenvalue weighted by Gasteiger charge is 2.31. The largest absolute Gasteiger partial charge is 0.416 e. The van der Waals surface area contributed by atoms with E-state index >= 15 is 0 Å². The fourth-order valence-electron chi connectivity index (χ4n) is 3.01. The number of anilines is 2. The number of ether oxygens (including phenoxy) is 2. The van der Waals surface area contributed by atoms with Crippen molar-refractivity contribution in [1.29, 1.82) is 0 Å². The number of nitrogens with zero attached hydrogens (tertiary/aromatic N) is 1. The smallest absolute Gasteiger partial charge is 0.382 e. The van der Waals surface area contributed by atoms with Crippen LogP contribution in [0.25, 0.3) is 0 Å². The number of methoxy groups -OCH3 is 1. The lowest BCUT2D eigenvalue weighted by atomic mass is 10.1. The number of nitrogens with one attached hydrogen (secondary N) is 1. The van der Waals surface area contributed by atoms with Crippen LogP contribution in [0, 0.1) is 0 Å². The van der Waals surface area contributed by atoms with Crippen molar-refractivity contribution in [2.45, 2.75) is 38.3 Å². The second-order valence-electron chi connectivity index (χ2n) is 6.53. The number of alkyl halides is 3. The highest BCUT2D eigenvalue weighted by molar-refractivity contribution is 5.94. The van der Waals surface area contributed by atoms with Gasteiger partial charge < -0.3 is 19.7 Å². The van der Waals surface area contributed by atoms with E-state index in [0.717, 1.165) is 44.5 Å². The average molecular weight is 388 g/mol. The number of rotatable bonds is 9. The summed E-state index contributed by atoms with van der Waals surface area (Å²) < 4.78 is 49.4. The Morgan fingerprint density at radius 2 is 1.89 bits per heavy atom. The molecule has 0 aromatic heterocycles. The van der Waals surface area contributed by atoms with Crippen molar-refractivity contribution in [1.82, 2.24) is 0 Å². The molecule has 5 nitrogen and oxygen atoms in total. The molecule has 1 N–H and O–H groups in total. The predicted molar refractivity (Wildman–Crippen MR) is 98.1 cm³/mol. The summed E-state index contributed by atoms with van der Waals surface area (Å²) in [6.45, 7) is 2.89. The molecule has 0 aliphatic carbocycles. The maximum atomic E-state index is 13.1. The van der Waals surface area contributed by atoms with Gasteiger partial charge in [-0.3, -0.25) is 4.79 Å². The molecule has 1 amide bonds. The SMILES string of the molecule is COCCOCCCC(=O)Nc1cc(C(F)(F)F)ccc1N1CCCCC1. The summed E-state index contributed by atoms with van der Waals surface area (Å²) in [5.41, 5.74) is 0.103. The van der Waals surface area contributed by atoms with Gasteiger partial charge in [-0.1, -0.05) is 0 Å². The molecule has 1 aliphatic rings. The van der Waals surface area contributed by atoms with Crippen molar-refractivity contribution in [3.63, 3.8) is 0 Å². The lowest BCUT2D eigenvalue weighted by Gasteiger charge is -2.31. The van der Waals surface area contributed by atoms with Crippen LogP contribution in [-0.2, 0) is 20.4 Å². The van der Waals surface area contributed by atoms with Gasteiger partial charge in [0.15, 0.2) is 0 Å². The molecule has 0 bridgehead atoms. The molecule has 1 aromatic carbocycles. The third-order valence-electron chi connectivity index (χ3n) is 4.42.